The van der Waals surface area contributed by atoms with Crippen LogP contribution in [-0.4, -0.2) is 29.3 Å². The highest BCUT2D eigenvalue weighted by molar-refractivity contribution is 5.75. The molecule has 1 aromatic heterocycles. The van der Waals surface area contributed by atoms with Crippen LogP contribution in [-0.2, 0) is 17.8 Å². The van der Waals surface area contributed by atoms with Crippen molar-refractivity contribution < 1.29 is 9.53 Å². The molecule has 6 heteroatoms. The third kappa shape index (κ3) is 6.04. The molecule has 0 fully saturated rings. The van der Waals surface area contributed by atoms with Crippen molar-refractivity contribution in [3.8, 4) is 17.0 Å². The summed E-state index contributed by atoms with van der Waals surface area (Å²) in [5.74, 6) is 0.796. The normalized spacial score (nSPS) is 10.6. The molecule has 1 N–H and O–H groups in total. The standard InChI is InChI=1S/C24H27N3O3/c1-18-5-9-20(10-6-18)22-13-14-24(29)27(26-22)17-3-4-23(28)25-16-15-19-7-11-21(30-2)12-8-19/h5-14H,3-4,15-17H2,1-2H3,(H,25,28). The van der Waals surface area contributed by atoms with Crippen LogP contribution in [0.4, 0.5) is 0 Å². The van der Waals surface area contributed by atoms with Crippen molar-refractivity contribution >= 4 is 5.91 Å². The van der Waals surface area contributed by atoms with Crippen LogP contribution in [0.25, 0.3) is 11.3 Å². The fourth-order valence-corrected chi connectivity index (χ4v) is 3.10. The van der Waals surface area contributed by atoms with Gasteiger partial charge in [-0.25, -0.2) is 4.68 Å². The van der Waals surface area contributed by atoms with Gasteiger partial charge in [0.25, 0.3) is 5.56 Å². The molecule has 0 saturated heterocycles. The summed E-state index contributed by atoms with van der Waals surface area (Å²) in [4.78, 5) is 24.2. The minimum absolute atomic E-state index is 0.0220. The summed E-state index contributed by atoms with van der Waals surface area (Å²) in [6.07, 6.45) is 1.67. The molecule has 30 heavy (non-hydrogen) atoms. The Morgan fingerprint density at radius 3 is 2.47 bits per heavy atom. The summed E-state index contributed by atoms with van der Waals surface area (Å²) in [6.45, 7) is 3.01. The van der Waals surface area contributed by atoms with E-state index in [2.05, 4.69) is 10.4 Å². The van der Waals surface area contributed by atoms with Crippen molar-refractivity contribution in [3.05, 3.63) is 82.1 Å². The molecule has 0 spiro atoms. The van der Waals surface area contributed by atoms with Crippen LogP contribution in [0.3, 0.4) is 0 Å². The highest BCUT2D eigenvalue weighted by Gasteiger charge is 2.06. The van der Waals surface area contributed by atoms with E-state index in [-0.39, 0.29) is 11.5 Å². The van der Waals surface area contributed by atoms with Gasteiger partial charge in [0, 0.05) is 31.1 Å². The molecule has 1 heterocycles. The van der Waals surface area contributed by atoms with Gasteiger partial charge in [-0.05, 0) is 43.5 Å². The molecular formula is C24H27N3O3. The Morgan fingerprint density at radius 2 is 1.77 bits per heavy atom. The third-order valence-electron chi connectivity index (χ3n) is 4.88. The first kappa shape index (κ1) is 21.3. The molecule has 0 bridgehead atoms. The van der Waals surface area contributed by atoms with Gasteiger partial charge in [-0.15, -0.1) is 0 Å². The number of nitrogens with one attached hydrogen (secondary N) is 1. The van der Waals surface area contributed by atoms with Gasteiger partial charge in [0.1, 0.15) is 5.75 Å². The summed E-state index contributed by atoms with van der Waals surface area (Å²) in [5, 5.41) is 7.37. The Morgan fingerprint density at radius 1 is 1.03 bits per heavy atom. The predicted molar refractivity (Wildman–Crippen MR) is 118 cm³/mol. The Kier molecular flexibility index (Phi) is 7.38. The fourth-order valence-electron chi connectivity index (χ4n) is 3.10. The van der Waals surface area contributed by atoms with Crippen molar-refractivity contribution in [2.75, 3.05) is 13.7 Å². The number of carbonyl (C=O) groups excluding carboxylic acids is 1. The van der Waals surface area contributed by atoms with Crippen LogP contribution >= 0.6 is 0 Å². The van der Waals surface area contributed by atoms with Gasteiger partial charge in [-0.3, -0.25) is 9.59 Å². The Balaban J connectivity index is 1.46. The first-order valence-electron chi connectivity index (χ1n) is 10.1. The number of amides is 1. The molecular weight excluding hydrogens is 378 g/mol. The lowest BCUT2D eigenvalue weighted by Gasteiger charge is -2.08. The minimum atomic E-state index is -0.161. The highest BCUT2D eigenvalue weighted by atomic mass is 16.5. The van der Waals surface area contributed by atoms with E-state index in [0.717, 1.165) is 29.0 Å². The Hall–Kier alpha value is -3.41. The monoisotopic (exact) mass is 405 g/mol. The number of nitrogens with zero attached hydrogens (tertiary/aromatic N) is 2. The van der Waals surface area contributed by atoms with E-state index >= 15 is 0 Å². The van der Waals surface area contributed by atoms with Gasteiger partial charge in [0.15, 0.2) is 0 Å². The molecule has 1 amide bonds. The zero-order chi connectivity index (χ0) is 21.3. The van der Waals surface area contributed by atoms with Crippen molar-refractivity contribution in [1.82, 2.24) is 15.1 Å². The summed E-state index contributed by atoms with van der Waals surface area (Å²) < 4.78 is 6.57. The van der Waals surface area contributed by atoms with Gasteiger partial charge in [0.05, 0.1) is 12.8 Å². The quantitative estimate of drug-likeness (QED) is 0.592. The maximum Gasteiger partial charge on any atom is 0.266 e. The lowest BCUT2D eigenvalue weighted by molar-refractivity contribution is -0.121. The lowest BCUT2D eigenvalue weighted by Crippen LogP contribution is -2.27. The first-order valence-corrected chi connectivity index (χ1v) is 10.1. The molecule has 0 aliphatic carbocycles. The van der Waals surface area contributed by atoms with Crippen LogP contribution < -0.4 is 15.6 Å². The number of benzene rings is 2. The van der Waals surface area contributed by atoms with Crippen LogP contribution in [0, 0.1) is 6.92 Å². The van der Waals surface area contributed by atoms with Gasteiger partial charge in [-0.1, -0.05) is 42.0 Å². The maximum atomic E-state index is 12.1. The average molecular weight is 405 g/mol. The van der Waals surface area contributed by atoms with Crippen molar-refractivity contribution in [1.29, 1.82) is 0 Å². The summed E-state index contributed by atoms with van der Waals surface area (Å²) in [6, 6.07) is 19.1. The van der Waals surface area contributed by atoms with Crippen molar-refractivity contribution in [2.24, 2.45) is 0 Å². The van der Waals surface area contributed by atoms with E-state index in [9.17, 15) is 9.59 Å². The highest BCUT2D eigenvalue weighted by Crippen LogP contribution is 2.16. The second-order valence-electron chi connectivity index (χ2n) is 7.20. The van der Waals surface area contributed by atoms with Gasteiger partial charge >= 0.3 is 0 Å². The predicted octanol–water partition coefficient (Wildman–Crippen LogP) is 3.37. The largest absolute Gasteiger partial charge is 0.497 e. The molecule has 0 aliphatic rings. The molecule has 0 unspecified atom stereocenters. The van der Waals surface area contributed by atoms with E-state index in [1.54, 1.807) is 13.2 Å². The zero-order valence-electron chi connectivity index (χ0n) is 17.4. The summed E-state index contributed by atoms with van der Waals surface area (Å²) in [7, 11) is 1.64. The number of carbonyl (C=O) groups is 1. The molecule has 0 radical (unpaired) electrons. The van der Waals surface area contributed by atoms with E-state index in [0.29, 0.717) is 25.9 Å². The maximum absolute atomic E-state index is 12.1. The lowest BCUT2D eigenvalue weighted by atomic mass is 10.1. The van der Waals surface area contributed by atoms with E-state index in [4.69, 9.17) is 4.74 Å². The average Bonchev–Trinajstić information content (AvgIpc) is 2.76. The number of aryl methyl sites for hydroxylation is 2. The molecule has 0 aliphatic heterocycles. The molecule has 0 saturated carbocycles. The molecule has 3 rings (SSSR count). The number of hydrogen-bond donors (Lipinski definition) is 1. The SMILES string of the molecule is COc1ccc(CCNC(=O)CCCn2nc(-c3ccc(C)cc3)ccc2=O)cc1. The minimum Gasteiger partial charge on any atom is -0.497 e. The number of methoxy groups -OCH3 is 1. The van der Waals surface area contributed by atoms with E-state index in [1.807, 2.05) is 55.5 Å². The van der Waals surface area contributed by atoms with Crippen LogP contribution in [0.2, 0.25) is 0 Å². The molecule has 156 valence electrons. The summed E-state index contributed by atoms with van der Waals surface area (Å²) in [5.41, 5.74) is 3.86. The molecule has 6 nitrogen and oxygen atoms in total. The number of ether oxygens (including phenoxy) is 1. The van der Waals surface area contributed by atoms with E-state index < -0.39 is 0 Å². The Bertz CT molecular complexity index is 1020. The fraction of sp³-hybridized carbons (Fsp3) is 0.292. The Labute approximate surface area is 176 Å². The van der Waals surface area contributed by atoms with E-state index in [1.165, 1.54) is 16.3 Å². The second-order valence-corrected chi connectivity index (χ2v) is 7.20. The topological polar surface area (TPSA) is 73.2 Å². The van der Waals surface area contributed by atoms with Crippen molar-refractivity contribution in [3.63, 3.8) is 0 Å². The van der Waals surface area contributed by atoms with Crippen LogP contribution in [0.5, 0.6) is 5.75 Å². The molecule has 0 atom stereocenters. The second kappa shape index (κ2) is 10.4. The summed E-state index contributed by atoms with van der Waals surface area (Å²) >= 11 is 0. The van der Waals surface area contributed by atoms with Gasteiger partial charge in [-0.2, -0.15) is 5.10 Å². The third-order valence-corrected chi connectivity index (χ3v) is 4.88. The number of hydrogen-bond acceptors (Lipinski definition) is 4. The smallest absolute Gasteiger partial charge is 0.266 e. The van der Waals surface area contributed by atoms with Crippen LogP contribution in [0.1, 0.15) is 24.0 Å². The van der Waals surface area contributed by atoms with Crippen molar-refractivity contribution in [2.45, 2.75) is 32.7 Å². The first-order chi connectivity index (χ1) is 14.5. The molecule has 3 aromatic rings. The van der Waals surface area contributed by atoms with Crippen LogP contribution in [0.15, 0.2) is 65.5 Å². The molecule has 2 aromatic carbocycles. The van der Waals surface area contributed by atoms with Gasteiger partial charge < -0.3 is 10.1 Å². The van der Waals surface area contributed by atoms with Gasteiger partial charge in [0.2, 0.25) is 5.91 Å². The number of aromatic nitrogens is 2. The number of rotatable bonds is 9. The zero-order valence-corrected chi connectivity index (χ0v) is 17.4.